The summed E-state index contributed by atoms with van der Waals surface area (Å²) in [6.45, 7) is 20.9. The van der Waals surface area contributed by atoms with E-state index >= 15 is 0 Å². The highest BCUT2D eigenvalue weighted by Gasteiger charge is 2.38. The minimum Gasteiger partial charge on any atom is -0.497 e. The predicted octanol–water partition coefficient (Wildman–Crippen LogP) is 6.62. The van der Waals surface area contributed by atoms with Crippen molar-refractivity contribution in [2.24, 2.45) is 11.8 Å². The fraction of sp³-hybridized carbons (Fsp3) is 0.583. The van der Waals surface area contributed by atoms with Crippen LogP contribution in [-0.4, -0.2) is 28.1 Å². The molecule has 4 heteroatoms. The lowest BCUT2D eigenvalue weighted by molar-refractivity contribution is -0.0293. The van der Waals surface area contributed by atoms with Crippen LogP contribution < -0.4 is 4.74 Å². The molecular weight excluding hydrogens is 364 g/mol. The van der Waals surface area contributed by atoms with E-state index in [-0.39, 0.29) is 23.0 Å². The maximum Gasteiger partial charge on any atom is 0.191 e. The van der Waals surface area contributed by atoms with Crippen LogP contribution in [-0.2, 0) is 15.8 Å². The normalized spacial score (nSPS) is 16.0. The fourth-order valence-electron chi connectivity index (χ4n) is 2.76. The second-order valence-electron chi connectivity index (χ2n) is 9.15. The summed E-state index contributed by atoms with van der Waals surface area (Å²) in [4.78, 5) is 0. The molecule has 28 heavy (non-hydrogen) atoms. The molecular formula is C24H40O3Si. The third-order valence-corrected chi connectivity index (χ3v) is 10.2. The zero-order chi connectivity index (χ0) is 21.4. The zero-order valence-corrected chi connectivity index (χ0v) is 20.1. The van der Waals surface area contributed by atoms with Gasteiger partial charge in [0.25, 0.3) is 0 Å². The van der Waals surface area contributed by atoms with Crippen molar-refractivity contribution in [3.8, 4) is 5.75 Å². The van der Waals surface area contributed by atoms with Gasteiger partial charge in [-0.05, 0) is 35.8 Å². The Balaban J connectivity index is 2.82. The van der Waals surface area contributed by atoms with Gasteiger partial charge in [0.2, 0.25) is 0 Å². The van der Waals surface area contributed by atoms with Gasteiger partial charge in [0.1, 0.15) is 5.75 Å². The van der Waals surface area contributed by atoms with Gasteiger partial charge in [0.05, 0.1) is 19.8 Å². The van der Waals surface area contributed by atoms with E-state index in [9.17, 15) is 0 Å². The molecule has 0 aliphatic rings. The Hall–Kier alpha value is -1.36. The standard InChI is InChI=1S/C24H40O3Si/c1-10-11-12-19(2)23(20(3)17-27-28(8,9)24(4,5)6)26-18-21-13-15-22(25-7)16-14-21/h10-16,19-20,23H,1,17-18H2,2-9H3/b12-11-/t19?,20-,23-/m0/s1. The predicted molar refractivity (Wildman–Crippen MR) is 122 cm³/mol. The van der Waals surface area contributed by atoms with E-state index in [1.54, 1.807) is 7.11 Å². The molecule has 0 fully saturated rings. The first-order chi connectivity index (χ1) is 13.0. The number of hydrogen-bond donors (Lipinski definition) is 0. The summed E-state index contributed by atoms with van der Waals surface area (Å²) in [5.41, 5.74) is 1.14. The lowest BCUT2D eigenvalue weighted by Gasteiger charge is -2.38. The van der Waals surface area contributed by atoms with Crippen LogP contribution in [0.4, 0.5) is 0 Å². The molecule has 0 aromatic heterocycles. The van der Waals surface area contributed by atoms with E-state index in [0.717, 1.165) is 17.9 Å². The van der Waals surface area contributed by atoms with Gasteiger partial charge in [-0.25, -0.2) is 0 Å². The summed E-state index contributed by atoms with van der Waals surface area (Å²) in [6, 6.07) is 8.05. The van der Waals surface area contributed by atoms with E-state index in [2.05, 4.69) is 72.5 Å². The number of hydrogen-bond acceptors (Lipinski definition) is 3. The van der Waals surface area contributed by atoms with Gasteiger partial charge in [-0.1, -0.05) is 71.6 Å². The molecule has 3 nitrogen and oxygen atoms in total. The number of methoxy groups -OCH3 is 1. The second kappa shape index (κ2) is 11.0. The molecule has 0 heterocycles. The molecule has 0 radical (unpaired) electrons. The van der Waals surface area contributed by atoms with Crippen molar-refractivity contribution < 1.29 is 13.9 Å². The zero-order valence-electron chi connectivity index (χ0n) is 19.1. The molecule has 0 aliphatic carbocycles. The third kappa shape index (κ3) is 7.57. The number of allylic oxidation sites excluding steroid dienone is 2. The van der Waals surface area contributed by atoms with E-state index in [4.69, 9.17) is 13.9 Å². The average Bonchev–Trinajstić information content (AvgIpc) is 2.64. The lowest BCUT2D eigenvalue weighted by atomic mass is 9.93. The first-order valence-electron chi connectivity index (χ1n) is 10.2. The Bertz CT molecular complexity index is 614. The highest BCUT2D eigenvalue weighted by Crippen LogP contribution is 2.37. The molecule has 0 N–H and O–H groups in total. The van der Waals surface area contributed by atoms with Gasteiger partial charge in [-0.3, -0.25) is 0 Å². The van der Waals surface area contributed by atoms with Crippen molar-refractivity contribution in [1.29, 1.82) is 0 Å². The summed E-state index contributed by atoms with van der Waals surface area (Å²) in [7, 11) is -0.0950. The molecule has 0 saturated heterocycles. The van der Waals surface area contributed by atoms with Gasteiger partial charge in [0.15, 0.2) is 8.32 Å². The van der Waals surface area contributed by atoms with Gasteiger partial charge >= 0.3 is 0 Å². The third-order valence-electron chi connectivity index (χ3n) is 5.74. The van der Waals surface area contributed by atoms with Gasteiger partial charge < -0.3 is 13.9 Å². The number of rotatable bonds is 11. The van der Waals surface area contributed by atoms with Crippen molar-refractivity contribution in [3.63, 3.8) is 0 Å². The summed E-state index contributed by atoms with van der Waals surface area (Å²) in [6.07, 6.45) is 6.04. The van der Waals surface area contributed by atoms with Crippen molar-refractivity contribution in [2.45, 2.75) is 65.5 Å². The Morgan fingerprint density at radius 2 is 1.71 bits per heavy atom. The second-order valence-corrected chi connectivity index (χ2v) is 14.0. The van der Waals surface area contributed by atoms with Crippen LogP contribution in [0.25, 0.3) is 0 Å². The maximum absolute atomic E-state index is 6.47. The Morgan fingerprint density at radius 1 is 1.11 bits per heavy atom. The smallest absolute Gasteiger partial charge is 0.191 e. The quantitative estimate of drug-likeness (QED) is 0.306. The molecule has 1 rings (SSSR count). The molecule has 0 bridgehead atoms. The molecule has 158 valence electrons. The Kier molecular flexibility index (Phi) is 9.68. The maximum atomic E-state index is 6.47. The topological polar surface area (TPSA) is 27.7 Å². The van der Waals surface area contributed by atoms with E-state index in [0.29, 0.717) is 6.61 Å². The molecule has 0 aliphatic heterocycles. The van der Waals surface area contributed by atoms with Crippen LogP contribution in [0.3, 0.4) is 0 Å². The summed E-state index contributed by atoms with van der Waals surface area (Å²) >= 11 is 0. The number of benzene rings is 1. The first kappa shape index (κ1) is 24.7. The first-order valence-corrected chi connectivity index (χ1v) is 13.1. The van der Waals surface area contributed by atoms with Crippen molar-refractivity contribution in [3.05, 3.63) is 54.6 Å². The van der Waals surface area contributed by atoms with Crippen molar-refractivity contribution in [1.82, 2.24) is 0 Å². The lowest BCUT2D eigenvalue weighted by Crippen LogP contribution is -2.43. The van der Waals surface area contributed by atoms with Crippen LogP contribution in [0, 0.1) is 11.8 Å². The van der Waals surface area contributed by atoms with E-state index < -0.39 is 8.32 Å². The van der Waals surface area contributed by atoms with Crippen LogP contribution in [0.2, 0.25) is 18.1 Å². The Morgan fingerprint density at radius 3 is 2.21 bits per heavy atom. The average molecular weight is 405 g/mol. The summed E-state index contributed by atoms with van der Waals surface area (Å²) in [5, 5.41) is 0.209. The molecule has 3 atom stereocenters. The minimum absolute atomic E-state index is 0.0723. The molecule has 0 saturated carbocycles. The number of ether oxygens (including phenoxy) is 2. The molecule has 1 aromatic carbocycles. The molecule has 1 unspecified atom stereocenters. The highest BCUT2D eigenvalue weighted by atomic mass is 28.4. The fourth-order valence-corrected chi connectivity index (χ4v) is 3.88. The van der Waals surface area contributed by atoms with Crippen molar-refractivity contribution >= 4 is 8.32 Å². The van der Waals surface area contributed by atoms with Crippen molar-refractivity contribution in [2.75, 3.05) is 13.7 Å². The largest absolute Gasteiger partial charge is 0.497 e. The van der Waals surface area contributed by atoms with Crippen LogP contribution in [0.5, 0.6) is 5.75 Å². The van der Waals surface area contributed by atoms with Gasteiger partial charge in [-0.15, -0.1) is 0 Å². The van der Waals surface area contributed by atoms with Gasteiger partial charge in [0, 0.05) is 18.4 Å². The van der Waals surface area contributed by atoms with E-state index in [1.807, 2.05) is 24.3 Å². The van der Waals surface area contributed by atoms with Crippen LogP contribution in [0.1, 0.15) is 40.2 Å². The minimum atomic E-state index is -1.77. The monoisotopic (exact) mass is 404 g/mol. The van der Waals surface area contributed by atoms with Crippen LogP contribution >= 0.6 is 0 Å². The summed E-state index contributed by atoms with van der Waals surface area (Å²) in [5.74, 6) is 1.42. The van der Waals surface area contributed by atoms with Crippen LogP contribution in [0.15, 0.2) is 49.1 Å². The molecule has 0 amide bonds. The van der Waals surface area contributed by atoms with E-state index in [1.165, 1.54) is 0 Å². The SMILES string of the molecule is C=C/C=C\C(C)[C@H](OCc1ccc(OC)cc1)[C@@H](C)CO[Si](C)(C)C(C)(C)C. The molecule has 1 aromatic rings. The highest BCUT2D eigenvalue weighted by molar-refractivity contribution is 6.74. The molecule has 0 spiro atoms. The Labute approximate surface area is 173 Å². The van der Waals surface area contributed by atoms with Gasteiger partial charge in [-0.2, -0.15) is 0 Å². The summed E-state index contributed by atoms with van der Waals surface area (Å²) < 4.78 is 18.1.